The molecule has 8 heteroatoms. The Hall–Kier alpha value is -1.83. The van der Waals surface area contributed by atoms with Gasteiger partial charge in [-0.25, -0.2) is 0 Å². The third-order valence-electron chi connectivity index (χ3n) is 5.71. The summed E-state index contributed by atoms with van der Waals surface area (Å²) in [7, 11) is 1.59. The predicted octanol–water partition coefficient (Wildman–Crippen LogP) is 1.38. The number of rotatable bonds is 6. The molecule has 2 aliphatic rings. The molecular formula is C21H33ClN4O3. The number of methoxy groups -OCH3 is 1. The summed E-state index contributed by atoms with van der Waals surface area (Å²) in [6, 6.07) is 6.84. The summed E-state index contributed by atoms with van der Waals surface area (Å²) in [6.07, 6.45) is 1.00. The molecule has 2 heterocycles. The predicted molar refractivity (Wildman–Crippen MR) is 116 cm³/mol. The van der Waals surface area contributed by atoms with Crippen LogP contribution in [0.5, 0.6) is 5.75 Å². The number of ether oxygens (including phenoxy) is 1. The molecule has 7 nitrogen and oxygen atoms in total. The Labute approximate surface area is 179 Å². The SMILES string of the molecule is COc1ccc(C(=O)NC(C(=O)N2CCC(N3CCNCC3)C2)C(C)C)cc1.Cl. The summed E-state index contributed by atoms with van der Waals surface area (Å²) in [6.45, 7) is 9.55. The molecule has 2 atom stereocenters. The summed E-state index contributed by atoms with van der Waals surface area (Å²) >= 11 is 0. The van der Waals surface area contributed by atoms with Gasteiger partial charge in [-0.2, -0.15) is 0 Å². The van der Waals surface area contributed by atoms with Crippen molar-refractivity contribution in [3.8, 4) is 5.75 Å². The van der Waals surface area contributed by atoms with Crippen molar-refractivity contribution in [2.75, 3.05) is 46.4 Å². The normalized spacial score (nSPS) is 20.8. The standard InChI is InChI=1S/C21H32N4O3.ClH/c1-15(2)19(23-20(26)16-4-6-18(28-3)7-5-16)21(27)25-11-8-17(14-25)24-12-9-22-10-13-24;/h4-7,15,17,19,22H,8-14H2,1-3H3,(H,23,26);1H. The number of nitrogens with zero attached hydrogens (tertiary/aromatic N) is 2. The van der Waals surface area contributed by atoms with Crippen LogP contribution in [0.4, 0.5) is 0 Å². The molecule has 0 radical (unpaired) electrons. The number of hydrogen-bond acceptors (Lipinski definition) is 5. The average molecular weight is 425 g/mol. The summed E-state index contributed by atoms with van der Waals surface area (Å²) in [5, 5.41) is 6.32. The average Bonchev–Trinajstić information content (AvgIpc) is 3.22. The van der Waals surface area contributed by atoms with E-state index in [4.69, 9.17) is 4.74 Å². The van der Waals surface area contributed by atoms with E-state index in [-0.39, 0.29) is 30.1 Å². The topological polar surface area (TPSA) is 73.9 Å². The van der Waals surface area contributed by atoms with E-state index in [0.717, 1.165) is 45.7 Å². The fourth-order valence-electron chi connectivity index (χ4n) is 3.96. The highest BCUT2D eigenvalue weighted by Gasteiger charge is 2.35. The molecule has 162 valence electrons. The fourth-order valence-corrected chi connectivity index (χ4v) is 3.96. The van der Waals surface area contributed by atoms with E-state index in [1.54, 1.807) is 31.4 Å². The highest BCUT2D eigenvalue weighted by atomic mass is 35.5. The lowest BCUT2D eigenvalue weighted by atomic mass is 10.0. The van der Waals surface area contributed by atoms with E-state index >= 15 is 0 Å². The van der Waals surface area contributed by atoms with Crippen LogP contribution in [0.25, 0.3) is 0 Å². The van der Waals surface area contributed by atoms with Gasteiger partial charge in [0.05, 0.1) is 7.11 Å². The van der Waals surface area contributed by atoms with Crippen molar-refractivity contribution in [2.24, 2.45) is 5.92 Å². The van der Waals surface area contributed by atoms with E-state index in [2.05, 4.69) is 15.5 Å². The number of amides is 2. The number of benzene rings is 1. The van der Waals surface area contributed by atoms with Gasteiger partial charge in [-0.1, -0.05) is 13.8 Å². The monoisotopic (exact) mass is 424 g/mol. The lowest BCUT2D eigenvalue weighted by Gasteiger charge is -2.33. The van der Waals surface area contributed by atoms with Crippen molar-refractivity contribution in [2.45, 2.75) is 32.4 Å². The fraction of sp³-hybridized carbons (Fsp3) is 0.619. The van der Waals surface area contributed by atoms with Crippen LogP contribution < -0.4 is 15.4 Å². The largest absolute Gasteiger partial charge is 0.497 e. The minimum absolute atomic E-state index is 0. The van der Waals surface area contributed by atoms with Crippen LogP contribution in [-0.2, 0) is 4.79 Å². The molecule has 29 heavy (non-hydrogen) atoms. The highest BCUT2D eigenvalue weighted by Crippen LogP contribution is 2.19. The first-order valence-corrected chi connectivity index (χ1v) is 10.2. The number of nitrogens with one attached hydrogen (secondary N) is 2. The van der Waals surface area contributed by atoms with E-state index < -0.39 is 6.04 Å². The Kier molecular flexibility index (Phi) is 8.74. The van der Waals surface area contributed by atoms with Gasteiger partial charge in [0.25, 0.3) is 5.91 Å². The molecule has 1 aromatic carbocycles. The number of piperazine rings is 1. The van der Waals surface area contributed by atoms with Crippen molar-refractivity contribution in [1.29, 1.82) is 0 Å². The highest BCUT2D eigenvalue weighted by molar-refractivity contribution is 5.97. The summed E-state index contributed by atoms with van der Waals surface area (Å²) in [5.74, 6) is 0.513. The lowest BCUT2D eigenvalue weighted by Crippen LogP contribution is -2.52. The molecule has 2 N–H and O–H groups in total. The van der Waals surface area contributed by atoms with Gasteiger partial charge in [-0.05, 0) is 36.6 Å². The van der Waals surface area contributed by atoms with Crippen LogP contribution in [0.3, 0.4) is 0 Å². The second-order valence-corrected chi connectivity index (χ2v) is 7.94. The molecular weight excluding hydrogens is 392 g/mol. The van der Waals surface area contributed by atoms with E-state index in [9.17, 15) is 9.59 Å². The molecule has 0 spiro atoms. The Morgan fingerprint density at radius 3 is 2.38 bits per heavy atom. The van der Waals surface area contributed by atoms with Crippen LogP contribution in [0.15, 0.2) is 24.3 Å². The van der Waals surface area contributed by atoms with Gasteiger partial charge in [-0.15, -0.1) is 12.4 Å². The Morgan fingerprint density at radius 1 is 1.14 bits per heavy atom. The van der Waals surface area contributed by atoms with Crippen LogP contribution in [0.1, 0.15) is 30.6 Å². The Bertz CT molecular complexity index is 677. The first kappa shape index (κ1) is 23.4. The van der Waals surface area contributed by atoms with Gasteiger partial charge in [-0.3, -0.25) is 14.5 Å². The third-order valence-corrected chi connectivity index (χ3v) is 5.71. The molecule has 2 saturated heterocycles. The Balaban J connectivity index is 0.00000300. The van der Waals surface area contributed by atoms with Gasteiger partial charge >= 0.3 is 0 Å². The molecule has 0 saturated carbocycles. The minimum atomic E-state index is -0.517. The van der Waals surface area contributed by atoms with Crippen LogP contribution in [0.2, 0.25) is 0 Å². The van der Waals surface area contributed by atoms with Gasteiger partial charge in [0.1, 0.15) is 11.8 Å². The molecule has 1 aromatic rings. The summed E-state index contributed by atoms with van der Waals surface area (Å²) < 4.78 is 5.13. The Morgan fingerprint density at radius 2 is 1.79 bits per heavy atom. The molecule has 2 amide bonds. The molecule has 0 aromatic heterocycles. The number of hydrogen-bond donors (Lipinski definition) is 2. The van der Waals surface area contributed by atoms with E-state index in [0.29, 0.717) is 17.4 Å². The molecule has 3 rings (SSSR count). The third kappa shape index (κ3) is 5.84. The number of halogens is 1. The zero-order valence-corrected chi connectivity index (χ0v) is 18.3. The number of likely N-dealkylation sites (tertiary alicyclic amines) is 1. The zero-order chi connectivity index (χ0) is 20.1. The summed E-state index contributed by atoms with van der Waals surface area (Å²) in [5.41, 5.74) is 0.527. The number of carbonyl (C=O) groups excluding carboxylic acids is 2. The lowest BCUT2D eigenvalue weighted by molar-refractivity contribution is -0.133. The van der Waals surface area contributed by atoms with E-state index in [1.165, 1.54) is 0 Å². The quantitative estimate of drug-likeness (QED) is 0.721. The molecule has 0 aliphatic carbocycles. The van der Waals surface area contributed by atoms with Gasteiger partial charge in [0.2, 0.25) is 5.91 Å². The molecule has 2 unspecified atom stereocenters. The second kappa shape index (κ2) is 10.8. The van der Waals surface area contributed by atoms with Crippen molar-refractivity contribution < 1.29 is 14.3 Å². The van der Waals surface area contributed by atoms with Crippen molar-refractivity contribution in [3.05, 3.63) is 29.8 Å². The first-order chi connectivity index (χ1) is 13.5. The maximum absolute atomic E-state index is 13.1. The molecule has 0 bridgehead atoms. The first-order valence-electron chi connectivity index (χ1n) is 10.2. The zero-order valence-electron chi connectivity index (χ0n) is 17.5. The van der Waals surface area contributed by atoms with Crippen molar-refractivity contribution in [3.63, 3.8) is 0 Å². The van der Waals surface area contributed by atoms with Crippen LogP contribution in [-0.4, -0.2) is 80.1 Å². The minimum Gasteiger partial charge on any atom is -0.497 e. The maximum atomic E-state index is 13.1. The second-order valence-electron chi connectivity index (χ2n) is 7.94. The van der Waals surface area contributed by atoms with E-state index in [1.807, 2.05) is 18.7 Å². The molecule has 2 aliphatic heterocycles. The van der Waals surface area contributed by atoms with Crippen LogP contribution in [0, 0.1) is 5.92 Å². The van der Waals surface area contributed by atoms with Gasteiger partial charge in [0, 0.05) is 50.9 Å². The van der Waals surface area contributed by atoms with Gasteiger partial charge < -0.3 is 20.3 Å². The molecule has 2 fully saturated rings. The van der Waals surface area contributed by atoms with Crippen molar-refractivity contribution >= 4 is 24.2 Å². The number of carbonyl (C=O) groups is 2. The van der Waals surface area contributed by atoms with Crippen LogP contribution >= 0.6 is 12.4 Å². The summed E-state index contributed by atoms with van der Waals surface area (Å²) in [4.78, 5) is 30.2. The maximum Gasteiger partial charge on any atom is 0.251 e. The smallest absolute Gasteiger partial charge is 0.251 e. The van der Waals surface area contributed by atoms with Gasteiger partial charge in [0.15, 0.2) is 0 Å². The van der Waals surface area contributed by atoms with Crippen molar-refractivity contribution in [1.82, 2.24) is 20.4 Å².